The molecule has 2 heterocycles. The van der Waals surface area contributed by atoms with E-state index in [-0.39, 0.29) is 5.41 Å². The maximum absolute atomic E-state index is 4.73. The van der Waals surface area contributed by atoms with Gasteiger partial charge in [-0.15, -0.1) is 15.3 Å². The third kappa shape index (κ3) is 3.47. The molecule has 1 N–H and O–H groups in total. The van der Waals surface area contributed by atoms with Crippen LogP contribution in [0.2, 0.25) is 0 Å². The predicted molar refractivity (Wildman–Crippen MR) is 92.8 cm³/mol. The molecule has 6 heteroatoms. The van der Waals surface area contributed by atoms with Crippen LogP contribution in [0.15, 0.2) is 12.1 Å². The summed E-state index contributed by atoms with van der Waals surface area (Å²) in [6, 6.07) is 5.14. The van der Waals surface area contributed by atoms with Crippen LogP contribution in [0, 0.1) is 0 Å². The summed E-state index contributed by atoms with van der Waals surface area (Å²) in [6.45, 7) is 6.40. The van der Waals surface area contributed by atoms with Crippen molar-refractivity contribution in [2.45, 2.75) is 64.0 Å². The van der Waals surface area contributed by atoms with Gasteiger partial charge in [-0.1, -0.05) is 20.8 Å². The molecule has 126 valence electrons. The van der Waals surface area contributed by atoms with E-state index >= 15 is 0 Å². The molecule has 3 rings (SSSR count). The minimum Gasteiger partial charge on any atom is -0.366 e. The molecule has 1 saturated carbocycles. The molecule has 0 saturated heterocycles. The van der Waals surface area contributed by atoms with Gasteiger partial charge in [0.05, 0.1) is 0 Å². The Hall–Kier alpha value is -1.69. The SMILES string of the molecule is CN(C)C1CCCC(Nc2ccc3nnc(C(C)(C)C)n3n2)C1. The lowest BCUT2D eigenvalue weighted by Gasteiger charge is -2.34. The highest BCUT2D eigenvalue weighted by atomic mass is 15.4. The topological polar surface area (TPSA) is 58.3 Å². The summed E-state index contributed by atoms with van der Waals surface area (Å²) in [7, 11) is 4.34. The normalized spacial score (nSPS) is 22.7. The first-order chi connectivity index (χ1) is 10.8. The third-order valence-corrected chi connectivity index (χ3v) is 4.66. The summed E-state index contributed by atoms with van der Waals surface area (Å²) >= 11 is 0. The first-order valence-electron chi connectivity index (χ1n) is 8.50. The van der Waals surface area contributed by atoms with E-state index in [1.54, 1.807) is 0 Å². The quantitative estimate of drug-likeness (QED) is 0.943. The fourth-order valence-electron chi connectivity index (χ4n) is 3.31. The molecule has 1 aliphatic carbocycles. The summed E-state index contributed by atoms with van der Waals surface area (Å²) in [5, 5.41) is 16.9. The smallest absolute Gasteiger partial charge is 0.178 e. The molecule has 2 aromatic rings. The lowest BCUT2D eigenvalue weighted by atomic mass is 9.90. The molecule has 0 amide bonds. The van der Waals surface area contributed by atoms with Gasteiger partial charge >= 0.3 is 0 Å². The van der Waals surface area contributed by atoms with E-state index in [0.717, 1.165) is 17.3 Å². The fourth-order valence-corrected chi connectivity index (χ4v) is 3.31. The number of anilines is 1. The molecule has 0 aromatic carbocycles. The molecule has 1 fully saturated rings. The monoisotopic (exact) mass is 316 g/mol. The molecule has 2 atom stereocenters. The minimum absolute atomic E-state index is 0.0775. The van der Waals surface area contributed by atoms with Crippen LogP contribution in [0.5, 0.6) is 0 Å². The van der Waals surface area contributed by atoms with Gasteiger partial charge in [-0.3, -0.25) is 0 Å². The van der Waals surface area contributed by atoms with Crippen molar-refractivity contribution in [2.75, 3.05) is 19.4 Å². The molecule has 1 aliphatic rings. The van der Waals surface area contributed by atoms with E-state index in [9.17, 15) is 0 Å². The van der Waals surface area contributed by atoms with Crippen LogP contribution in [0.1, 0.15) is 52.3 Å². The van der Waals surface area contributed by atoms with Gasteiger partial charge in [0.25, 0.3) is 0 Å². The van der Waals surface area contributed by atoms with Crippen molar-refractivity contribution in [1.29, 1.82) is 0 Å². The van der Waals surface area contributed by atoms with Crippen LogP contribution in [-0.4, -0.2) is 50.9 Å². The summed E-state index contributed by atoms with van der Waals surface area (Å²) in [4.78, 5) is 2.34. The van der Waals surface area contributed by atoms with E-state index in [1.807, 2.05) is 16.6 Å². The van der Waals surface area contributed by atoms with Crippen LogP contribution >= 0.6 is 0 Å². The molecule has 6 nitrogen and oxygen atoms in total. The molecule has 0 spiro atoms. The van der Waals surface area contributed by atoms with Gasteiger partial charge < -0.3 is 10.2 Å². The van der Waals surface area contributed by atoms with Crippen LogP contribution in [0.3, 0.4) is 0 Å². The van der Waals surface area contributed by atoms with Crippen LogP contribution in [0.25, 0.3) is 5.65 Å². The highest BCUT2D eigenvalue weighted by molar-refractivity contribution is 5.45. The van der Waals surface area contributed by atoms with Crippen molar-refractivity contribution >= 4 is 11.5 Å². The van der Waals surface area contributed by atoms with Gasteiger partial charge in [0, 0.05) is 17.5 Å². The van der Waals surface area contributed by atoms with Crippen LogP contribution < -0.4 is 5.32 Å². The Morgan fingerprint density at radius 1 is 1.17 bits per heavy atom. The van der Waals surface area contributed by atoms with Gasteiger partial charge in [-0.05, 0) is 51.9 Å². The number of nitrogens with zero attached hydrogens (tertiary/aromatic N) is 5. The first-order valence-corrected chi connectivity index (χ1v) is 8.50. The highest BCUT2D eigenvalue weighted by Crippen LogP contribution is 2.25. The number of rotatable bonds is 3. The Morgan fingerprint density at radius 2 is 1.96 bits per heavy atom. The number of hydrogen-bond acceptors (Lipinski definition) is 5. The highest BCUT2D eigenvalue weighted by Gasteiger charge is 2.25. The number of hydrogen-bond donors (Lipinski definition) is 1. The second-order valence-corrected chi connectivity index (χ2v) is 7.89. The van der Waals surface area contributed by atoms with Crippen molar-refractivity contribution in [3.8, 4) is 0 Å². The zero-order valence-electron chi connectivity index (χ0n) is 14.9. The van der Waals surface area contributed by atoms with Gasteiger partial charge in [0.15, 0.2) is 11.5 Å². The summed E-state index contributed by atoms with van der Waals surface area (Å²) in [5.74, 6) is 1.80. The standard InChI is InChI=1S/C17H28N6/c1-17(2,3)16-20-19-15-10-9-14(21-23(15)16)18-12-7-6-8-13(11-12)22(4)5/h9-10,12-13H,6-8,11H2,1-5H3,(H,18,21). The average molecular weight is 316 g/mol. The minimum atomic E-state index is -0.0775. The summed E-state index contributed by atoms with van der Waals surface area (Å²) in [5.41, 5.74) is 0.724. The molecule has 2 aromatic heterocycles. The van der Waals surface area contributed by atoms with E-state index in [2.05, 4.69) is 55.3 Å². The largest absolute Gasteiger partial charge is 0.366 e. The first kappa shape index (κ1) is 16.2. The zero-order valence-corrected chi connectivity index (χ0v) is 14.9. The Morgan fingerprint density at radius 3 is 2.65 bits per heavy atom. The second-order valence-electron chi connectivity index (χ2n) is 7.89. The lowest BCUT2D eigenvalue weighted by molar-refractivity contribution is 0.219. The third-order valence-electron chi connectivity index (χ3n) is 4.66. The molecule has 0 bridgehead atoms. The summed E-state index contributed by atoms with van der Waals surface area (Å²) < 4.78 is 1.87. The molecular formula is C17H28N6. The molecular weight excluding hydrogens is 288 g/mol. The van der Waals surface area contributed by atoms with Crippen LogP contribution in [0.4, 0.5) is 5.82 Å². The van der Waals surface area contributed by atoms with Crippen LogP contribution in [-0.2, 0) is 5.41 Å². The van der Waals surface area contributed by atoms with E-state index < -0.39 is 0 Å². The molecule has 23 heavy (non-hydrogen) atoms. The Kier molecular flexibility index (Phi) is 4.27. The maximum atomic E-state index is 4.73. The molecule has 0 radical (unpaired) electrons. The van der Waals surface area contributed by atoms with Gasteiger partial charge in [-0.2, -0.15) is 4.52 Å². The lowest BCUT2D eigenvalue weighted by Crippen LogP contribution is -2.38. The van der Waals surface area contributed by atoms with Gasteiger partial charge in [0.2, 0.25) is 0 Å². The number of fused-ring (bicyclic) bond motifs is 1. The Bertz CT molecular complexity index is 669. The van der Waals surface area contributed by atoms with E-state index in [4.69, 9.17) is 5.10 Å². The number of aromatic nitrogens is 4. The predicted octanol–water partition coefficient (Wildman–Crippen LogP) is 2.71. The van der Waals surface area contributed by atoms with Crippen molar-refractivity contribution in [1.82, 2.24) is 24.7 Å². The van der Waals surface area contributed by atoms with Crippen molar-refractivity contribution in [3.63, 3.8) is 0 Å². The van der Waals surface area contributed by atoms with Crippen molar-refractivity contribution < 1.29 is 0 Å². The second kappa shape index (κ2) is 6.07. The number of nitrogens with one attached hydrogen (secondary N) is 1. The Balaban J connectivity index is 1.80. The van der Waals surface area contributed by atoms with Crippen molar-refractivity contribution in [2.24, 2.45) is 0 Å². The van der Waals surface area contributed by atoms with Gasteiger partial charge in [-0.25, -0.2) is 0 Å². The summed E-state index contributed by atoms with van der Waals surface area (Å²) in [6.07, 6.45) is 4.93. The van der Waals surface area contributed by atoms with E-state index in [0.29, 0.717) is 12.1 Å². The Labute approximate surface area is 138 Å². The van der Waals surface area contributed by atoms with Gasteiger partial charge in [0.1, 0.15) is 5.82 Å². The van der Waals surface area contributed by atoms with E-state index in [1.165, 1.54) is 25.7 Å². The zero-order chi connectivity index (χ0) is 16.6. The fraction of sp³-hybridized carbons (Fsp3) is 0.706. The molecule has 2 unspecified atom stereocenters. The maximum Gasteiger partial charge on any atom is 0.178 e. The molecule has 0 aliphatic heterocycles. The average Bonchev–Trinajstić information content (AvgIpc) is 2.90. The van der Waals surface area contributed by atoms with Crippen molar-refractivity contribution in [3.05, 3.63) is 18.0 Å².